The fourth-order valence-electron chi connectivity index (χ4n) is 1.94. The molecular formula is C10H20O4. The van der Waals surface area contributed by atoms with Gasteiger partial charge in [0, 0.05) is 13.0 Å². The van der Waals surface area contributed by atoms with Crippen LogP contribution >= 0.6 is 0 Å². The maximum absolute atomic E-state index is 10.1. The van der Waals surface area contributed by atoms with Crippen molar-refractivity contribution in [2.75, 3.05) is 6.61 Å². The van der Waals surface area contributed by atoms with E-state index in [9.17, 15) is 5.11 Å². The van der Waals surface area contributed by atoms with E-state index >= 15 is 0 Å². The van der Waals surface area contributed by atoms with Crippen LogP contribution in [0.4, 0.5) is 0 Å². The molecule has 0 spiro atoms. The zero-order valence-corrected chi connectivity index (χ0v) is 9.28. The van der Waals surface area contributed by atoms with E-state index in [1.807, 2.05) is 20.8 Å². The minimum Gasteiger partial charge on any atom is -0.396 e. The van der Waals surface area contributed by atoms with Crippen LogP contribution in [0.5, 0.6) is 0 Å². The average Bonchev–Trinajstić information content (AvgIpc) is 2.25. The molecule has 4 heteroatoms. The van der Waals surface area contributed by atoms with Gasteiger partial charge in [-0.25, -0.2) is 0 Å². The summed E-state index contributed by atoms with van der Waals surface area (Å²) < 4.78 is 11.1. The van der Waals surface area contributed by atoms with Gasteiger partial charge in [-0.1, -0.05) is 0 Å². The highest BCUT2D eigenvalue weighted by atomic mass is 16.8. The molecule has 1 saturated heterocycles. The minimum atomic E-state index is -1.04. The lowest BCUT2D eigenvalue weighted by atomic mass is 9.92. The number of ether oxygens (including phenoxy) is 2. The summed E-state index contributed by atoms with van der Waals surface area (Å²) in [5.41, 5.74) is -1.04. The second-order valence-corrected chi connectivity index (χ2v) is 4.59. The van der Waals surface area contributed by atoms with Gasteiger partial charge in [0.05, 0.1) is 11.7 Å². The normalized spacial score (nSPS) is 35.6. The molecule has 0 aromatic carbocycles. The summed E-state index contributed by atoms with van der Waals surface area (Å²) >= 11 is 0. The van der Waals surface area contributed by atoms with E-state index in [2.05, 4.69) is 0 Å². The standard InChI is InChI=1S/C10H20O4/c1-7-8(10(4,12)5-6-11)14-9(2,3)13-7/h7-8,11-12H,5-6H2,1-4H3/t7?,8?,10-/m1/s1. The topological polar surface area (TPSA) is 58.9 Å². The van der Waals surface area contributed by atoms with Crippen LogP contribution in [-0.2, 0) is 9.47 Å². The van der Waals surface area contributed by atoms with Gasteiger partial charge in [-0.15, -0.1) is 0 Å². The molecule has 0 amide bonds. The molecule has 1 heterocycles. The molecule has 0 aliphatic carbocycles. The molecule has 3 atom stereocenters. The molecule has 2 unspecified atom stereocenters. The van der Waals surface area contributed by atoms with Gasteiger partial charge in [-0.05, 0) is 27.7 Å². The Morgan fingerprint density at radius 3 is 2.29 bits per heavy atom. The van der Waals surface area contributed by atoms with Crippen molar-refractivity contribution in [1.29, 1.82) is 0 Å². The Hall–Kier alpha value is -0.160. The van der Waals surface area contributed by atoms with Crippen LogP contribution in [0, 0.1) is 0 Å². The Balaban J connectivity index is 2.69. The van der Waals surface area contributed by atoms with Gasteiger partial charge in [-0.3, -0.25) is 0 Å². The zero-order chi connectivity index (χ0) is 11.0. The van der Waals surface area contributed by atoms with Crippen LogP contribution < -0.4 is 0 Å². The van der Waals surface area contributed by atoms with Crippen molar-refractivity contribution in [3.05, 3.63) is 0 Å². The van der Waals surface area contributed by atoms with Gasteiger partial charge in [0.25, 0.3) is 0 Å². The molecule has 0 saturated carbocycles. The molecule has 4 nitrogen and oxygen atoms in total. The first-order chi connectivity index (χ1) is 6.28. The number of aliphatic hydroxyl groups excluding tert-OH is 1. The lowest BCUT2D eigenvalue weighted by Gasteiger charge is -2.30. The predicted molar refractivity (Wildman–Crippen MR) is 51.8 cm³/mol. The summed E-state index contributed by atoms with van der Waals surface area (Å²) in [6, 6.07) is 0. The minimum absolute atomic E-state index is 0.0555. The summed E-state index contributed by atoms with van der Waals surface area (Å²) in [4.78, 5) is 0. The molecular weight excluding hydrogens is 184 g/mol. The SMILES string of the molecule is CC1OC(C)(C)OC1[C@](C)(O)CCO. The molecule has 1 aliphatic rings. The first-order valence-corrected chi connectivity index (χ1v) is 4.97. The van der Waals surface area contributed by atoms with Crippen LogP contribution in [0.1, 0.15) is 34.1 Å². The third-order valence-electron chi connectivity index (χ3n) is 2.54. The molecule has 14 heavy (non-hydrogen) atoms. The van der Waals surface area contributed by atoms with Crippen LogP contribution in [0.3, 0.4) is 0 Å². The molecule has 0 aromatic heterocycles. The second kappa shape index (κ2) is 3.77. The van der Waals surface area contributed by atoms with Gasteiger partial charge >= 0.3 is 0 Å². The van der Waals surface area contributed by atoms with Gasteiger partial charge in [0.2, 0.25) is 0 Å². The number of rotatable bonds is 3. The summed E-state index contributed by atoms with van der Waals surface area (Å²) in [6.07, 6.45) is -0.252. The smallest absolute Gasteiger partial charge is 0.163 e. The van der Waals surface area contributed by atoms with Gasteiger partial charge < -0.3 is 19.7 Å². The van der Waals surface area contributed by atoms with Crippen molar-refractivity contribution in [2.24, 2.45) is 0 Å². The molecule has 0 aromatic rings. The first kappa shape index (κ1) is 11.9. The van der Waals surface area contributed by atoms with Crippen molar-refractivity contribution in [1.82, 2.24) is 0 Å². The third kappa shape index (κ3) is 2.45. The molecule has 1 fully saturated rings. The Bertz CT molecular complexity index is 200. The van der Waals surface area contributed by atoms with Gasteiger partial charge in [-0.2, -0.15) is 0 Å². The number of aliphatic hydroxyl groups is 2. The highest BCUT2D eigenvalue weighted by Crippen LogP contribution is 2.34. The Morgan fingerprint density at radius 2 is 1.93 bits per heavy atom. The first-order valence-electron chi connectivity index (χ1n) is 4.97. The highest BCUT2D eigenvalue weighted by Gasteiger charge is 2.47. The van der Waals surface area contributed by atoms with Crippen LogP contribution in [0.25, 0.3) is 0 Å². The molecule has 1 rings (SSSR count). The number of hydrogen-bond acceptors (Lipinski definition) is 4. The van der Waals surface area contributed by atoms with Crippen LogP contribution in [0.15, 0.2) is 0 Å². The summed E-state index contributed by atoms with van der Waals surface area (Å²) in [5.74, 6) is -0.649. The Labute approximate surface area is 84.8 Å². The van der Waals surface area contributed by atoms with Crippen molar-refractivity contribution >= 4 is 0 Å². The summed E-state index contributed by atoms with van der Waals surface area (Å²) in [5, 5.41) is 18.9. The van der Waals surface area contributed by atoms with E-state index in [0.29, 0.717) is 6.42 Å². The fraction of sp³-hybridized carbons (Fsp3) is 1.00. The van der Waals surface area contributed by atoms with Gasteiger partial charge in [0.15, 0.2) is 5.79 Å². The highest BCUT2D eigenvalue weighted by molar-refractivity contribution is 4.92. The van der Waals surface area contributed by atoms with Crippen LogP contribution in [-0.4, -0.2) is 40.4 Å². The van der Waals surface area contributed by atoms with E-state index in [1.54, 1.807) is 6.92 Å². The lowest BCUT2D eigenvalue weighted by Crippen LogP contribution is -2.45. The fourth-order valence-corrected chi connectivity index (χ4v) is 1.94. The van der Waals surface area contributed by atoms with Crippen molar-refractivity contribution in [3.8, 4) is 0 Å². The predicted octanol–water partition coefficient (Wildman–Crippen LogP) is 0.660. The molecule has 1 aliphatic heterocycles. The van der Waals surface area contributed by atoms with Crippen molar-refractivity contribution in [3.63, 3.8) is 0 Å². The maximum atomic E-state index is 10.1. The molecule has 2 N–H and O–H groups in total. The van der Waals surface area contributed by atoms with E-state index in [1.165, 1.54) is 0 Å². The molecule has 0 radical (unpaired) electrons. The van der Waals surface area contributed by atoms with Gasteiger partial charge in [0.1, 0.15) is 6.10 Å². The number of hydrogen-bond donors (Lipinski definition) is 2. The third-order valence-corrected chi connectivity index (χ3v) is 2.54. The summed E-state index contributed by atoms with van der Waals surface area (Å²) in [7, 11) is 0. The van der Waals surface area contributed by atoms with Crippen molar-refractivity contribution in [2.45, 2.75) is 57.7 Å². The van der Waals surface area contributed by atoms with E-state index in [4.69, 9.17) is 14.6 Å². The molecule has 0 bridgehead atoms. The maximum Gasteiger partial charge on any atom is 0.163 e. The summed E-state index contributed by atoms with van der Waals surface area (Å²) in [6.45, 7) is 7.11. The Kier molecular flexibility index (Phi) is 3.21. The lowest BCUT2D eigenvalue weighted by molar-refractivity contribution is -0.170. The quantitative estimate of drug-likeness (QED) is 0.709. The largest absolute Gasteiger partial charge is 0.396 e. The van der Waals surface area contributed by atoms with E-state index in [-0.39, 0.29) is 18.8 Å². The van der Waals surface area contributed by atoms with Crippen LogP contribution in [0.2, 0.25) is 0 Å². The van der Waals surface area contributed by atoms with Crippen molar-refractivity contribution < 1.29 is 19.7 Å². The second-order valence-electron chi connectivity index (χ2n) is 4.59. The Morgan fingerprint density at radius 1 is 1.36 bits per heavy atom. The van der Waals surface area contributed by atoms with E-state index < -0.39 is 11.4 Å². The molecule has 84 valence electrons. The van der Waals surface area contributed by atoms with E-state index in [0.717, 1.165) is 0 Å². The average molecular weight is 204 g/mol. The zero-order valence-electron chi connectivity index (χ0n) is 9.28. The monoisotopic (exact) mass is 204 g/mol.